The van der Waals surface area contributed by atoms with Crippen molar-refractivity contribution in [1.29, 1.82) is 0 Å². The van der Waals surface area contributed by atoms with Gasteiger partial charge in [-0.3, -0.25) is 9.59 Å². The summed E-state index contributed by atoms with van der Waals surface area (Å²) < 4.78 is 12.6. The number of carbonyl (C=O) groups is 5. The second kappa shape index (κ2) is 21.4. The van der Waals surface area contributed by atoms with Crippen molar-refractivity contribution in [2.24, 2.45) is 4.58 Å². The maximum atomic E-state index is 13.2. The van der Waals surface area contributed by atoms with Gasteiger partial charge in [0.25, 0.3) is 0 Å². The Morgan fingerprint density at radius 2 is 1.23 bits per heavy atom. The van der Waals surface area contributed by atoms with Gasteiger partial charge in [-0.15, -0.1) is 4.91 Å². The number of rotatable bonds is 22. The van der Waals surface area contributed by atoms with E-state index in [2.05, 4.69) is 72.4 Å². The zero-order valence-electron chi connectivity index (χ0n) is 29.3. The number of nitrogens with one attached hydrogen (secondary N) is 3. The van der Waals surface area contributed by atoms with Gasteiger partial charge in [0.2, 0.25) is 5.91 Å². The second-order valence-electron chi connectivity index (χ2n) is 11.8. The molecule has 0 fully saturated rings. The summed E-state index contributed by atoms with van der Waals surface area (Å²) in [6.45, 7) is 3.05. The molecule has 15 heteroatoms. The van der Waals surface area contributed by atoms with E-state index in [-0.39, 0.29) is 44.1 Å². The Labute approximate surface area is 316 Å². The van der Waals surface area contributed by atoms with Gasteiger partial charge < -0.3 is 10.1 Å². The van der Waals surface area contributed by atoms with Crippen molar-refractivity contribution in [3.63, 3.8) is 0 Å². The van der Waals surface area contributed by atoms with Crippen LogP contribution in [0.4, 0.5) is 0 Å². The minimum atomic E-state index is -3.16. The first kappa shape index (κ1) is 42.3. The molecule has 0 bridgehead atoms. The predicted molar refractivity (Wildman–Crippen MR) is 210 cm³/mol. The molecule has 3 N–H and O–H groups in total. The van der Waals surface area contributed by atoms with Gasteiger partial charge in [0, 0.05) is 22.3 Å². The van der Waals surface area contributed by atoms with E-state index in [4.69, 9.17) is 9.47 Å². The summed E-state index contributed by atoms with van der Waals surface area (Å²) in [6.07, 6.45) is 1.76. The second-order valence-corrected chi connectivity index (χ2v) is 21.6. The fraction of sp³-hybridized carbons (Fsp3) is 0.378. The van der Waals surface area contributed by atoms with Crippen molar-refractivity contribution in [2.75, 3.05) is 31.7 Å². The quantitative estimate of drug-likeness (QED) is 0.0438. The molecule has 0 aliphatic carbocycles. The predicted octanol–water partition coefficient (Wildman–Crippen LogP) is 4.40. The fourth-order valence-corrected chi connectivity index (χ4v) is 14.0. The average molecular weight is 818 g/mol. The Hall–Kier alpha value is -4.13. The van der Waals surface area contributed by atoms with Crippen LogP contribution in [0.1, 0.15) is 46.0 Å². The number of carbonyl (C=O) groups excluding carboxylic acids is 5. The Morgan fingerprint density at radius 3 is 1.73 bits per heavy atom. The third-order valence-corrected chi connectivity index (χ3v) is 19.0. The van der Waals surface area contributed by atoms with Crippen molar-refractivity contribution in [2.45, 2.75) is 58.0 Å². The van der Waals surface area contributed by atoms with Crippen molar-refractivity contribution < 1.29 is 33.4 Å². The molecule has 3 aromatic rings. The average Bonchev–Trinajstić information content (AvgIpc) is 3.17. The number of hydrogen-bond donors (Lipinski definition) is 3. The molecule has 3 rings (SSSR count). The van der Waals surface area contributed by atoms with Gasteiger partial charge in [-0.2, -0.15) is 0 Å². The SMILES string of the molecule is CCOC(=O)CNC(=O)C(CSN=O)NC(=O)CCC(NC(=O)CCCCP(Br)(c1ccccc1)(c1ccccc1)c1ccccc1)C(=O)OCC. The first-order valence-corrected chi connectivity index (χ1v) is 22.5. The van der Waals surface area contributed by atoms with Gasteiger partial charge in [0.1, 0.15) is 6.54 Å². The maximum absolute atomic E-state index is 13.2. The zero-order valence-corrected chi connectivity index (χ0v) is 32.6. The Morgan fingerprint density at radius 1 is 0.731 bits per heavy atom. The number of benzene rings is 3. The van der Waals surface area contributed by atoms with Crippen LogP contribution >= 0.6 is 32.7 Å². The van der Waals surface area contributed by atoms with Crippen molar-refractivity contribution in [1.82, 2.24) is 16.0 Å². The van der Waals surface area contributed by atoms with Gasteiger partial charge in [-0.05, 0) is 6.92 Å². The van der Waals surface area contributed by atoms with E-state index in [1.54, 1.807) is 13.8 Å². The molecule has 2 atom stereocenters. The van der Waals surface area contributed by atoms with Crippen LogP contribution in [-0.2, 0) is 33.4 Å². The number of ether oxygens (including phenoxy) is 2. The molecule has 3 aromatic carbocycles. The molecule has 0 aliphatic rings. The van der Waals surface area contributed by atoms with Gasteiger partial charge >= 0.3 is 245 Å². The standard InChI is InChI=1S/C37H46BrN4O8PS/c1-3-49-35(45)26-39-36(46)32(27-52-42-48)41-34(44)24-23-31(37(47)50-4-2)40-33(43)22-14-15-25-51(38,28-16-8-5-9-17-28,29-18-10-6-11-19-29)30-20-12-7-13-21-30/h5-13,16-21,31-32H,3-4,14-15,22-27H2,1-2H3,(H,39,46)(H,40,43)(H,41,44). The van der Waals surface area contributed by atoms with E-state index in [0.717, 1.165) is 6.16 Å². The molecular weight excluding hydrogens is 771 g/mol. The number of amides is 3. The molecule has 0 aromatic heterocycles. The molecule has 3 amide bonds. The summed E-state index contributed by atoms with van der Waals surface area (Å²) in [5.41, 5.74) is 0. The number of nitroso groups, excluding NO2 is 1. The van der Waals surface area contributed by atoms with Crippen LogP contribution in [0.25, 0.3) is 0 Å². The van der Waals surface area contributed by atoms with Crippen LogP contribution in [0.3, 0.4) is 0 Å². The third-order valence-electron chi connectivity index (χ3n) is 8.34. The van der Waals surface area contributed by atoms with E-state index in [1.807, 2.05) is 54.6 Å². The van der Waals surface area contributed by atoms with Gasteiger partial charge in [0.15, 0.2) is 0 Å². The van der Waals surface area contributed by atoms with Crippen LogP contribution in [-0.4, -0.2) is 73.4 Å². The molecule has 0 spiro atoms. The Kier molecular flexibility index (Phi) is 17.4. The number of hydrogen-bond acceptors (Lipinski definition) is 10. The molecule has 2 unspecified atom stereocenters. The summed E-state index contributed by atoms with van der Waals surface area (Å²) in [5.74, 6) is -3.21. The van der Waals surface area contributed by atoms with Crippen LogP contribution in [0, 0.1) is 4.91 Å². The molecule has 0 heterocycles. The van der Waals surface area contributed by atoms with E-state index in [1.165, 1.54) is 15.9 Å². The third kappa shape index (κ3) is 11.7. The van der Waals surface area contributed by atoms with Crippen LogP contribution in [0.5, 0.6) is 0 Å². The van der Waals surface area contributed by atoms with Crippen molar-refractivity contribution in [3.8, 4) is 0 Å². The summed E-state index contributed by atoms with van der Waals surface area (Å²) in [7, 11) is 0. The number of unbranched alkanes of at least 4 members (excludes halogenated alkanes) is 1. The van der Waals surface area contributed by atoms with Crippen molar-refractivity contribution in [3.05, 3.63) is 95.9 Å². The number of esters is 2. The summed E-state index contributed by atoms with van der Waals surface area (Å²) in [6, 6.07) is 28.8. The van der Waals surface area contributed by atoms with Gasteiger partial charge in [-0.25, -0.2) is 0 Å². The molecule has 280 valence electrons. The number of nitrogens with zero attached hydrogens (tertiary/aromatic N) is 1. The molecule has 0 aliphatic heterocycles. The molecule has 12 nitrogen and oxygen atoms in total. The monoisotopic (exact) mass is 816 g/mol. The zero-order chi connectivity index (χ0) is 37.8. The molecule has 52 heavy (non-hydrogen) atoms. The normalized spacial score (nSPS) is 12.9. The minimum absolute atomic E-state index is 0.0763. The first-order valence-electron chi connectivity index (χ1n) is 17.1. The first-order chi connectivity index (χ1) is 25.1. The van der Waals surface area contributed by atoms with Gasteiger partial charge in [0.05, 0.1) is 6.61 Å². The molecular formula is C37H46BrN4O8PS. The van der Waals surface area contributed by atoms with E-state index in [0.29, 0.717) is 24.8 Å². The van der Waals surface area contributed by atoms with Crippen LogP contribution in [0.15, 0.2) is 95.6 Å². The molecule has 0 saturated carbocycles. The van der Waals surface area contributed by atoms with Crippen LogP contribution in [0.2, 0.25) is 0 Å². The van der Waals surface area contributed by atoms with Crippen LogP contribution < -0.4 is 31.9 Å². The Balaban J connectivity index is 1.67. The summed E-state index contributed by atoms with van der Waals surface area (Å²) in [4.78, 5) is 73.8. The fourth-order valence-electron chi connectivity index (χ4n) is 5.83. The summed E-state index contributed by atoms with van der Waals surface area (Å²) >= 11 is 4.95. The molecule has 0 saturated heterocycles. The van der Waals surface area contributed by atoms with Gasteiger partial charge in [-0.1, -0.05) is 0 Å². The Bertz CT molecular complexity index is 1540. The van der Waals surface area contributed by atoms with E-state index < -0.39 is 47.7 Å². The summed E-state index contributed by atoms with van der Waals surface area (Å²) in [5, 5.41) is 7.95. The number of halogens is 1. The van der Waals surface area contributed by atoms with E-state index >= 15 is 0 Å². The van der Waals surface area contributed by atoms with Crippen molar-refractivity contribution >= 4 is 78.3 Å². The van der Waals surface area contributed by atoms with E-state index in [9.17, 15) is 28.9 Å². The molecule has 0 radical (unpaired) electrons. The topological polar surface area (TPSA) is 169 Å².